The van der Waals surface area contributed by atoms with E-state index in [0.717, 1.165) is 39.1 Å². The van der Waals surface area contributed by atoms with Gasteiger partial charge in [0.1, 0.15) is 0 Å². The van der Waals surface area contributed by atoms with Crippen LogP contribution < -0.4 is 5.32 Å². The predicted molar refractivity (Wildman–Crippen MR) is 92.2 cm³/mol. The first-order chi connectivity index (χ1) is 10.3. The van der Waals surface area contributed by atoms with Gasteiger partial charge in [-0.3, -0.25) is 0 Å². The minimum absolute atomic E-state index is 0.672. The molecule has 0 aliphatic carbocycles. The lowest BCUT2D eigenvalue weighted by Gasteiger charge is -2.29. The molecule has 1 saturated heterocycles. The first kappa shape index (κ1) is 19.1. The van der Waals surface area contributed by atoms with Gasteiger partial charge in [0, 0.05) is 39.4 Å². The molecule has 0 aromatic carbocycles. The molecule has 1 atom stereocenters. The Balaban J connectivity index is 2.29. The van der Waals surface area contributed by atoms with Crippen LogP contribution >= 0.6 is 0 Å². The SMILES string of the molecule is CCCO[SiH](OCCC)C(CC)CCCN1CCNCC1. The summed E-state index contributed by atoms with van der Waals surface area (Å²) in [6.07, 6.45) is 5.94. The van der Waals surface area contributed by atoms with Crippen molar-refractivity contribution in [3.05, 3.63) is 0 Å². The van der Waals surface area contributed by atoms with Crippen molar-refractivity contribution in [3.8, 4) is 0 Å². The Morgan fingerprint density at radius 3 is 2.19 bits per heavy atom. The highest BCUT2D eigenvalue weighted by Gasteiger charge is 2.24. The normalized spacial score (nSPS) is 18.3. The first-order valence-electron chi connectivity index (χ1n) is 8.98. The van der Waals surface area contributed by atoms with E-state index in [0.29, 0.717) is 5.54 Å². The lowest BCUT2D eigenvalue weighted by molar-refractivity contribution is 0.182. The smallest absolute Gasteiger partial charge is 0.324 e. The molecule has 0 amide bonds. The molecule has 21 heavy (non-hydrogen) atoms. The molecule has 1 fully saturated rings. The molecule has 1 rings (SSSR count). The van der Waals surface area contributed by atoms with Crippen molar-refractivity contribution >= 4 is 9.28 Å². The van der Waals surface area contributed by atoms with Crippen LogP contribution in [0.3, 0.4) is 0 Å². The van der Waals surface area contributed by atoms with Gasteiger partial charge in [0.25, 0.3) is 0 Å². The van der Waals surface area contributed by atoms with Gasteiger partial charge in [-0.25, -0.2) is 0 Å². The molecule has 0 radical (unpaired) electrons. The second-order valence-corrected chi connectivity index (χ2v) is 8.36. The summed E-state index contributed by atoms with van der Waals surface area (Å²) in [5.41, 5.74) is 0.672. The van der Waals surface area contributed by atoms with Crippen LogP contribution in [0.15, 0.2) is 0 Å². The Labute approximate surface area is 133 Å². The zero-order valence-electron chi connectivity index (χ0n) is 14.4. The molecular formula is C16H36N2O2Si. The van der Waals surface area contributed by atoms with Crippen molar-refractivity contribution in [1.29, 1.82) is 0 Å². The van der Waals surface area contributed by atoms with Gasteiger partial charge in [0.05, 0.1) is 0 Å². The van der Waals surface area contributed by atoms with Crippen LogP contribution in [0.5, 0.6) is 0 Å². The number of nitrogens with one attached hydrogen (secondary N) is 1. The van der Waals surface area contributed by atoms with E-state index in [1.165, 1.54) is 38.9 Å². The Hall–Kier alpha value is 0.0569. The van der Waals surface area contributed by atoms with Crippen LogP contribution in [0, 0.1) is 0 Å². The van der Waals surface area contributed by atoms with Gasteiger partial charge in [-0.1, -0.05) is 27.2 Å². The highest BCUT2D eigenvalue weighted by atomic mass is 28.3. The van der Waals surface area contributed by atoms with E-state index in [9.17, 15) is 0 Å². The predicted octanol–water partition coefficient (Wildman–Crippen LogP) is 2.53. The quantitative estimate of drug-likeness (QED) is 0.561. The Morgan fingerprint density at radius 1 is 1.05 bits per heavy atom. The van der Waals surface area contributed by atoms with Crippen molar-refractivity contribution in [1.82, 2.24) is 10.2 Å². The molecule has 1 aliphatic heterocycles. The van der Waals surface area contributed by atoms with E-state index >= 15 is 0 Å². The molecule has 0 bridgehead atoms. The average molecular weight is 317 g/mol. The summed E-state index contributed by atoms with van der Waals surface area (Å²) >= 11 is 0. The Kier molecular flexibility index (Phi) is 11.4. The molecule has 0 aromatic rings. The van der Waals surface area contributed by atoms with Gasteiger partial charge in [0.2, 0.25) is 0 Å². The third kappa shape index (κ3) is 8.31. The summed E-state index contributed by atoms with van der Waals surface area (Å²) in [6, 6.07) is 0. The topological polar surface area (TPSA) is 33.7 Å². The maximum Gasteiger partial charge on any atom is 0.324 e. The fraction of sp³-hybridized carbons (Fsp3) is 1.00. The van der Waals surface area contributed by atoms with E-state index in [4.69, 9.17) is 8.85 Å². The van der Waals surface area contributed by atoms with E-state index < -0.39 is 9.28 Å². The zero-order chi connectivity index (χ0) is 15.3. The summed E-state index contributed by atoms with van der Waals surface area (Å²) in [7, 11) is -1.49. The summed E-state index contributed by atoms with van der Waals surface area (Å²) < 4.78 is 12.2. The summed E-state index contributed by atoms with van der Waals surface area (Å²) in [5.74, 6) is 0. The van der Waals surface area contributed by atoms with Gasteiger partial charge >= 0.3 is 9.28 Å². The average Bonchev–Trinajstić information content (AvgIpc) is 2.53. The zero-order valence-corrected chi connectivity index (χ0v) is 15.6. The van der Waals surface area contributed by atoms with Crippen LogP contribution in [-0.4, -0.2) is 60.1 Å². The minimum Gasteiger partial charge on any atom is -0.396 e. The third-order valence-electron chi connectivity index (χ3n) is 4.14. The van der Waals surface area contributed by atoms with Gasteiger partial charge in [0.15, 0.2) is 0 Å². The number of nitrogens with zero attached hydrogens (tertiary/aromatic N) is 1. The van der Waals surface area contributed by atoms with Crippen molar-refractivity contribution in [2.45, 2.75) is 58.4 Å². The molecule has 1 heterocycles. The molecular weight excluding hydrogens is 280 g/mol. The fourth-order valence-electron chi connectivity index (χ4n) is 2.83. The maximum absolute atomic E-state index is 6.08. The van der Waals surface area contributed by atoms with Gasteiger partial charge < -0.3 is 19.1 Å². The Bertz CT molecular complexity index is 230. The summed E-state index contributed by atoms with van der Waals surface area (Å²) in [5, 5.41) is 3.41. The van der Waals surface area contributed by atoms with Crippen molar-refractivity contribution in [2.75, 3.05) is 45.9 Å². The molecule has 5 heteroatoms. The summed E-state index contributed by atoms with van der Waals surface area (Å²) in [4.78, 5) is 2.58. The van der Waals surface area contributed by atoms with Crippen molar-refractivity contribution in [2.24, 2.45) is 0 Å². The Morgan fingerprint density at radius 2 is 1.67 bits per heavy atom. The lowest BCUT2D eigenvalue weighted by Crippen LogP contribution is -2.43. The van der Waals surface area contributed by atoms with Gasteiger partial charge in [-0.05, 0) is 37.8 Å². The van der Waals surface area contributed by atoms with Gasteiger partial charge in [-0.15, -0.1) is 0 Å². The monoisotopic (exact) mass is 316 g/mol. The number of hydrogen-bond acceptors (Lipinski definition) is 4. The second kappa shape index (κ2) is 12.6. The highest BCUT2D eigenvalue weighted by molar-refractivity contribution is 6.46. The molecule has 1 unspecified atom stereocenters. The van der Waals surface area contributed by atoms with Crippen LogP contribution in [0.2, 0.25) is 5.54 Å². The van der Waals surface area contributed by atoms with Crippen LogP contribution in [0.25, 0.3) is 0 Å². The number of rotatable bonds is 12. The highest BCUT2D eigenvalue weighted by Crippen LogP contribution is 2.24. The van der Waals surface area contributed by atoms with E-state index in [1.807, 2.05) is 0 Å². The van der Waals surface area contributed by atoms with Crippen molar-refractivity contribution < 1.29 is 8.85 Å². The third-order valence-corrected chi connectivity index (χ3v) is 6.84. The second-order valence-electron chi connectivity index (χ2n) is 6.01. The molecule has 0 aromatic heterocycles. The summed E-state index contributed by atoms with van der Waals surface area (Å²) in [6.45, 7) is 14.3. The first-order valence-corrected chi connectivity index (χ1v) is 10.6. The molecule has 0 saturated carbocycles. The van der Waals surface area contributed by atoms with Crippen LogP contribution in [-0.2, 0) is 8.85 Å². The lowest BCUT2D eigenvalue weighted by atomic mass is 10.2. The largest absolute Gasteiger partial charge is 0.396 e. The molecule has 126 valence electrons. The van der Waals surface area contributed by atoms with E-state index in [-0.39, 0.29) is 0 Å². The van der Waals surface area contributed by atoms with Crippen LogP contribution in [0.1, 0.15) is 52.9 Å². The minimum atomic E-state index is -1.49. The molecule has 0 spiro atoms. The number of piperazine rings is 1. The van der Waals surface area contributed by atoms with Gasteiger partial charge in [-0.2, -0.15) is 0 Å². The van der Waals surface area contributed by atoms with E-state index in [1.54, 1.807) is 0 Å². The number of hydrogen-bond donors (Lipinski definition) is 1. The molecule has 1 aliphatic rings. The fourth-order valence-corrected chi connectivity index (χ4v) is 5.30. The van der Waals surface area contributed by atoms with Crippen LogP contribution in [0.4, 0.5) is 0 Å². The molecule has 1 N–H and O–H groups in total. The van der Waals surface area contributed by atoms with E-state index in [2.05, 4.69) is 31.0 Å². The molecule has 4 nitrogen and oxygen atoms in total. The standard InChI is InChI=1S/C16H36N2O2Si/c1-4-14-19-21(20-15-5-2)16(6-3)8-7-11-18-12-9-17-10-13-18/h16-17,21H,4-15H2,1-3H3. The van der Waals surface area contributed by atoms with Crippen molar-refractivity contribution in [3.63, 3.8) is 0 Å². The maximum atomic E-state index is 6.08.